The van der Waals surface area contributed by atoms with Crippen LogP contribution in [0.3, 0.4) is 0 Å². The minimum Gasteiger partial charge on any atom is -0.379 e. The van der Waals surface area contributed by atoms with Crippen LogP contribution < -0.4 is 10.2 Å². The SMILES string of the molecule is CCc1ccc(NC(=O)c2cc(S(=O)(=O)N3CCOCC3)ccc2N2CCCCC2)cc1. The molecule has 0 aromatic heterocycles. The molecule has 172 valence electrons. The number of amides is 1. The Labute approximate surface area is 190 Å². The largest absolute Gasteiger partial charge is 0.379 e. The van der Waals surface area contributed by atoms with E-state index in [1.165, 1.54) is 22.4 Å². The third-order valence-electron chi connectivity index (χ3n) is 6.14. The van der Waals surface area contributed by atoms with Crippen LogP contribution in [0.4, 0.5) is 11.4 Å². The van der Waals surface area contributed by atoms with E-state index in [9.17, 15) is 13.2 Å². The van der Waals surface area contributed by atoms with E-state index in [0.29, 0.717) is 37.6 Å². The number of ether oxygens (including phenoxy) is 1. The Morgan fingerprint density at radius 3 is 2.31 bits per heavy atom. The van der Waals surface area contributed by atoms with Crippen molar-refractivity contribution in [3.8, 4) is 0 Å². The molecule has 1 N–H and O–H groups in total. The Hall–Kier alpha value is -2.42. The molecular weight excluding hydrogens is 426 g/mol. The van der Waals surface area contributed by atoms with Gasteiger partial charge in [-0.1, -0.05) is 19.1 Å². The third kappa shape index (κ3) is 4.98. The molecule has 2 fully saturated rings. The smallest absolute Gasteiger partial charge is 0.257 e. The van der Waals surface area contributed by atoms with E-state index in [2.05, 4.69) is 17.1 Å². The zero-order valence-corrected chi connectivity index (χ0v) is 19.4. The maximum absolute atomic E-state index is 13.3. The number of hydrogen-bond donors (Lipinski definition) is 1. The molecule has 2 aliphatic heterocycles. The Morgan fingerprint density at radius 1 is 0.969 bits per heavy atom. The highest BCUT2D eigenvalue weighted by atomic mass is 32.2. The predicted molar refractivity (Wildman–Crippen MR) is 126 cm³/mol. The summed E-state index contributed by atoms with van der Waals surface area (Å²) >= 11 is 0. The zero-order valence-electron chi connectivity index (χ0n) is 18.5. The molecule has 2 aliphatic rings. The highest BCUT2D eigenvalue weighted by molar-refractivity contribution is 7.89. The van der Waals surface area contributed by atoms with Crippen molar-refractivity contribution >= 4 is 27.3 Å². The standard InChI is InChI=1S/C24H31N3O4S/c1-2-19-6-8-20(9-7-19)25-24(28)22-18-21(32(29,30)27-14-16-31-17-15-27)10-11-23(22)26-12-4-3-5-13-26/h6-11,18H,2-5,12-17H2,1H3,(H,25,28). The van der Waals surface area contributed by atoms with Gasteiger partial charge >= 0.3 is 0 Å². The minimum absolute atomic E-state index is 0.145. The summed E-state index contributed by atoms with van der Waals surface area (Å²) in [6.07, 6.45) is 4.22. The van der Waals surface area contributed by atoms with E-state index in [1.807, 2.05) is 24.3 Å². The predicted octanol–water partition coefficient (Wildman–Crippen LogP) is 3.51. The number of carbonyl (C=O) groups excluding carboxylic acids is 1. The summed E-state index contributed by atoms with van der Waals surface area (Å²) in [7, 11) is -3.69. The first-order valence-corrected chi connectivity index (χ1v) is 12.8. The van der Waals surface area contributed by atoms with Crippen molar-refractivity contribution in [3.05, 3.63) is 53.6 Å². The number of nitrogens with zero attached hydrogens (tertiary/aromatic N) is 2. The molecule has 4 rings (SSSR count). The van der Waals surface area contributed by atoms with Crippen LogP contribution in [0.1, 0.15) is 42.1 Å². The van der Waals surface area contributed by atoms with Crippen LogP contribution in [0, 0.1) is 0 Å². The number of carbonyl (C=O) groups is 1. The van der Waals surface area contributed by atoms with Crippen molar-refractivity contribution in [1.29, 1.82) is 0 Å². The molecule has 2 aromatic carbocycles. The Morgan fingerprint density at radius 2 is 1.66 bits per heavy atom. The minimum atomic E-state index is -3.69. The molecule has 0 radical (unpaired) electrons. The van der Waals surface area contributed by atoms with Gasteiger partial charge in [-0.15, -0.1) is 0 Å². The summed E-state index contributed by atoms with van der Waals surface area (Å²) in [6.45, 7) is 5.21. The fraction of sp³-hybridized carbons (Fsp3) is 0.458. The van der Waals surface area contributed by atoms with Crippen LogP contribution in [0.5, 0.6) is 0 Å². The van der Waals surface area contributed by atoms with Crippen LogP contribution in [-0.2, 0) is 21.2 Å². The highest BCUT2D eigenvalue weighted by Gasteiger charge is 2.29. The van der Waals surface area contributed by atoms with Crippen LogP contribution in [0.25, 0.3) is 0 Å². The molecular formula is C24H31N3O4S. The van der Waals surface area contributed by atoms with Crippen molar-refractivity contribution < 1.29 is 17.9 Å². The van der Waals surface area contributed by atoms with Crippen LogP contribution >= 0.6 is 0 Å². The summed E-state index contributed by atoms with van der Waals surface area (Å²) in [4.78, 5) is 15.7. The number of piperidine rings is 1. The van der Waals surface area contributed by atoms with E-state index >= 15 is 0 Å². The second-order valence-electron chi connectivity index (χ2n) is 8.25. The molecule has 2 heterocycles. The first-order chi connectivity index (χ1) is 15.5. The summed E-state index contributed by atoms with van der Waals surface area (Å²) in [5.41, 5.74) is 3.06. The number of hydrogen-bond acceptors (Lipinski definition) is 5. The van der Waals surface area contributed by atoms with Crippen LogP contribution in [0.2, 0.25) is 0 Å². The molecule has 7 nitrogen and oxygen atoms in total. The second kappa shape index (κ2) is 10.0. The van der Waals surface area contributed by atoms with Crippen LogP contribution in [-0.4, -0.2) is 58.0 Å². The van der Waals surface area contributed by atoms with Gasteiger partial charge in [-0.3, -0.25) is 4.79 Å². The molecule has 1 amide bonds. The van der Waals surface area contributed by atoms with E-state index in [4.69, 9.17) is 4.74 Å². The van der Waals surface area contributed by atoms with Gasteiger partial charge in [0.1, 0.15) is 0 Å². The summed E-state index contributed by atoms with van der Waals surface area (Å²) < 4.78 is 33.1. The molecule has 2 saturated heterocycles. The summed E-state index contributed by atoms with van der Waals surface area (Å²) in [5, 5.41) is 2.95. The molecule has 0 bridgehead atoms. The van der Waals surface area contributed by atoms with Crippen LogP contribution in [0.15, 0.2) is 47.4 Å². The number of nitrogens with one attached hydrogen (secondary N) is 1. The second-order valence-corrected chi connectivity index (χ2v) is 10.2. The van der Waals surface area contributed by atoms with Gasteiger partial charge < -0.3 is 15.0 Å². The molecule has 0 spiro atoms. The third-order valence-corrected chi connectivity index (χ3v) is 8.03. The van der Waals surface area contributed by atoms with Gasteiger partial charge in [-0.05, 0) is 61.6 Å². The number of benzene rings is 2. The van der Waals surface area contributed by atoms with Crippen molar-refractivity contribution in [1.82, 2.24) is 4.31 Å². The molecule has 0 atom stereocenters. The van der Waals surface area contributed by atoms with E-state index in [-0.39, 0.29) is 10.8 Å². The number of aryl methyl sites for hydroxylation is 1. The fourth-order valence-electron chi connectivity index (χ4n) is 4.23. The van der Waals surface area contributed by atoms with E-state index in [1.54, 1.807) is 12.1 Å². The number of morpholine rings is 1. The zero-order chi connectivity index (χ0) is 22.6. The molecule has 32 heavy (non-hydrogen) atoms. The lowest BCUT2D eigenvalue weighted by Gasteiger charge is -2.31. The Balaban J connectivity index is 1.67. The topological polar surface area (TPSA) is 79.0 Å². The van der Waals surface area contributed by atoms with Gasteiger partial charge in [-0.2, -0.15) is 4.31 Å². The van der Waals surface area contributed by atoms with Gasteiger partial charge in [0.05, 0.1) is 23.7 Å². The Kier molecular flexibility index (Phi) is 7.13. The average molecular weight is 458 g/mol. The molecule has 0 aliphatic carbocycles. The maximum atomic E-state index is 13.3. The molecule has 0 saturated carbocycles. The quantitative estimate of drug-likeness (QED) is 0.718. The normalized spacial score (nSPS) is 17.8. The first-order valence-electron chi connectivity index (χ1n) is 11.4. The molecule has 0 unspecified atom stereocenters. The van der Waals surface area contributed by atoms with Gasteiger partial charge in [-0.25, -0.2) is 8.42 Å². The van der Waals surface area contributed by atoms with Crippen molar-refractivity contribution in [2.75, 3.05) is 49.6 Å². The average Bonchev–Trinajstić information content (AvgIpc) is 2.85. The Bertz CT molecular complexity index is 1040. The van der Waals surface area contributed by atoms with Crippen molar-refractivity contribution in [3.63, 3.8) is 0 Å². The van der Waals surface area contributed by atoms with Gasteiger partial charge in [0.15, 0.2) is 0 Å². The van der Waals surface area contributed by atoms with E-state index in [0.717, 1.165) is 38.0 Å². The van der Waals surface area contributed by atoms with Gasteiger partial charge in [0, 0.05) is 37.6 Å². The molecule has 2 aromatic rings. The summed E-state index contributed by atoms with van der Waals surface area (Å²) in [5.74, 6) is -0.297. The van der Waals surface area contributed by atoms with Crippen molar-refractivity contribution in [2.24, 2.45) is 0 Å². The number of rotatable bonds is 6. The molecule has 8 heteroatoms. The fourth-order valence-corrected chi connectivity index (χ4v) is 5.66. The number of sulfonamides is 1. The van der Waals surface area contributed by atoms with Gasteiger partial charge in [0.2, 0.25) is 10.0 Å². The first kappa shape index (κ1) is 22.8. The lowest BCUT2D eigenvalue weighted by Crippen LogP contribution is -2.40. The number of anilines is 2. The highest BCUT2D eigenvalue weighted by Crippen LogP contribution is 2.29. The van der Waals surface area contributed by atoms with Gasteiger partial charge in [0.25, 0.3) is 5.91 Å². The van der Waals surface area contributed by atoms with Crippen molar-refractivity contribution in [2.45, 2.75) is 37.5 Å². The lowest BCUT2D eigenvalue weighted by molar-refractivity contribution is 0.0730. The monoisotopic (exact) mass is 457 g/mol. The lowest BCUT2D eigenvalue weighted by atomic mass is 10.1. The summed E-state index contributed by atoms with van der Waals surface area (Å²) in [6, 6.07) is 12.7. The maximum Gasteiger partial charge on any atom is 0.257 e. The van der Waals surface area contributed by atoms with E-state index < -0.39 is 10.0 Å².